The van der Waals surface area contributed by atoms with E-state index in [4.69, 9.17) is 11.1 Å². The monoisotopic (exact) mass is 529 g/mol. The van der Waals surface area contributed by atoms with Gasteiger partial charge in [0.2, 0.25) is 5.91 Å². The van der Waals surface area contributed by atoms with Crippen molar-refractivity contribution in [3.05, 3.63) is 69.8 Å². The fourth-order valence-corrected chi connectivity index (χ4v) is 5.89. The van der Waals surface area contributed by atoms with Crippen LogP contribution < -0.4 is 21.7 Å². The molecule has 1 heterocycles. The van der Waals surface area contributed by atoms with Crippen molar-refractivity contribution in [3.63, 3.8) is 0 Å². The van der Waals surface area contributed by atoms with E-state index in [1.165, 1.54) is 0 Å². The second kappa shape index (κ2) is 11.7. The Balaban J connectivity index is 1.70. The molecule has 204 valence electrons. The van der Waals surface area contributed by atoms with Crippen molar-refractivity contribution in [1.82, 2.24) is 20.9 Å². The van der Waals surface area contributed by atoms with Crippen molar-refractivity contribution in [1.29, 1.82) is 10.7 Å². The standard InChI is InChI=1S/C29H35N7O3/c1-33-26(38)20-7-9-23-18(14-20)5-6-19-15-21(27(39)34-2)8-10-24(19)29(23,28(31)32)11-12-35-17-25(37)36-13-3-4-22(36)16-30/h7-10,14-15,22,35H,3-6,11-13,17H2,1-2H3,(H3,31,32)(H,33,38)(H,34,39). The number of benzene rings is 2. The maximum absolute atomic E-state index is 12.8. The first-order chi connectivity index (χ1) is 18.8. The Morgan fingerprint density at radius 1 is 1.05 bits per heavy atom. The first-order valence-electron chi connectivity index (χ1n) is 13.2. The Hall–Kier alpha value is -4.23. The third-order valence-corrected chi connectivity index (χ3v) is 7.91. The van der Waals surface area contributed by atoms with Crippen molar-refractivity contribution < 1.29 is 14.4 Å². The molecule has 6 N–H and O–H groups in total. The molecule has 1 atom stereocenters. The van der Waals surface area contributed by atoms with E-state index >= 15 is 0 Å². The van der Waals surface area contributed by atoms with Crippen LogP contribution in [0.2, 0.25) is 0 Å². The fourth-order valence-electron chi connectivity index (χ4n) is 5.89. The molecular formula is C29H35N7O3. The summed E-state index contributed by atoms with van der Waals surface area (Å²) >= 11 is 0. The molecule has 0 spiro atoms. The molecule has 2 aliphatic rings. The Morgan fingerprint density at radius 3 is 2.10 bits per heavy atom. The van der Waals surface area contributed by atoms with E-state index in [2.05, 4.69) is 22.0 Å². The lowest BCUT2D eigenvalue weighted by molar-refractivity contribution is -0.130. The maximum Gasteiger partial charge on any atom is 0.251 e. The number of nitriles is 1. The normalized spacial score (nSPS) is 17.3. The number of amidine groups is 1. The Kier molecular flexibility index (Phi) is 8.31. The molecule has 10 nitrogen and oxygen atoms in total. The number of fused-ring (bicyclic) bond motifs is 2. The van der Waals surface area contributed by atoms with Crippen LogP contribution in [0, 0.1) is 16.7 Å². The highest BCUT2D eigenvalue weighted by Crippen LogP contribution is 2.43. The molecule has 1 fully saturated rings. The topological polar surface area (TPSA) is 164 Å². The molecule has 10 heteroatoms. The predicted molar refractivity (Wildman–Crippen MR) is 148 cm³/mol. The van der Waals surface area contributed by atoms with Gasteiger partial charge in [-0.3, -0.25) is 19.8 Å². The van der Waals surface area contributed by atoms with Gasteiger partial charge >= 0.3 is 0 Å². The molecule has 1 aliphatic carbocycles. The number of nitrogens with one attached hydrogen (secondary N) is 4. The van der Waals surface area contributed by atoms with Gasteiger partial charge in [-0.15, -0.1) is 0 Å². The number of likely N-dealkylation sites (tertiary alicyclic amines) is 1. The summed E-state index contributed by atoms with van der Waals surface area (Å²) < 4.78 is 0. The average Bonchev–Trinajstić information content (AvgIpc) is 3.39. The molecule has 2 aromatic rings. The molecule has 4 rings (SSSR count). The quantitative estimate of drug-likeness (QED) is 0.196. The molecule has 0 saturated carbocycles. The maximum atomic E-state index is 12.8. The second-order valence-corrected chi connectivity index (χ2v) is 10.0. The van der Waals surface area contributed by atoms with Crippen LogP contribution in [0.5, 0.6) is 0 Å². The van der Waals surface area contributed by atoms with Gasteiger partial charge in [-0.1, -0.05) is 12.1 Å². The first kappa shape index (κ1) is 27.8. The highest BCUT2D eigenvalue weighted by atomic mass is 16.2. The zero-order valence-electron chi connectivity index (χ0n) is 22.4. The largest absolute Gasteiger partial charge is 0.387 e. The Morgan fingerprint density at radius 2 is 1.62 bits per heavy atom. The lowest BCUT2D eigenvalue weighted by Gasteiger charge is -2.36. The van der Waals surface area contributed by atoms with Crippen molar-refractivity contribution in [3.8, 4) is 6.07 Å². The molecule has 2 aromatic carbocycles. The second-order valence-electron chi connectivity index (χ2n) is 10.0. The Labute approximate surface area is 228 Å². The van der Waals surface area contributed by atoms with Crippen LogP contribution >= 0.6 is 0 Å². The summed E-state index contributed by atoms with van der Waals surface area (Å²) in [5, 5.41) is 26.7. The number of nitrogens with two attached hydrogens (primary N) is 1. The van der Waals surface area contributed by atoms with E-state index in [1.807, 2.05) is 24.3 Å². The highest BCUT2D eigenvalue weighted by Gasteiger charge is 2.42. The summed E-state index contributed by atoms with van der Waals surface area (Å²) in [6.07, 6.45) is 3.11. The summed E-state index contributed by atoms with van der Waals surface area (Å²) in [4.78, 5) is 39.2. The van der Waals surface area contributed by atoms with Crippen LogP contribution in [0.15, 0.2) is 36.4 Å². The zero-order valence-corrected chi connectivity index (χ0v) is 22.4. The average molecular weight is 530 g/mol. The number of hydrogen-bond donors (Lipinski definition) is 5. The van der Waals surface area contributed by atoms with Crippen molar-refractivity contribution in [2.45, 2.75) is 43.6 Å². The van der Waals surface area contributed by atoms with Gasteiger partial charge in [0.15, 0.2) is 0 Å². The van der Waals surface area contributed by atoms with Crippen LogP contribution in [-0.4, -0.2) is 68.2 Å². The molecule has 1 saturated heterocycles. The molecule has 1 unspecified atom stereocenters. The SMILES string of the molecule is CNC(=O)c1ccc2c(c1)CCc1cc(C(=O)NC)ccc1C2(CCNCC(=O)N1CCCC1C#N)C(=N)N. The lowest BCUT2D eigenvalue weighted by atomic mass is 9.69. The molecule has 0 bridgehead atoms. The van der Waals surface area contributed by atoms with Crippen LogP contribution in [0.3, 0.4) is 0 Å². The van der Waals surface area contributed by atoms with Crippen molar-refractivity contribution >= 4 is 23.6 Å². The van der Waals surface area contributed by atoms with E-state index in [0.717, 1.165) is 28.7 Å². The molecule has 3 amide bonds. The number of rotatable bonds is 8. The fraction of sp³-hybridized carbons (Fsp3) is 0.414. The van der Waals surface area contributed by atoms with E-state index in [-0.39, 0.29) is 36.1 Å². The van der Waals surface area contributed by atoms with Crippen LogP contribution in [0.1, 0.15) is 62.2 Å². The number of carbonyl (C=O) groups is 3. The van der Waals surface area contributed by atoms with E-state index < -0.39 is 5.41 Å². The van der Waals surface area contributed by atoms with E-state index in [9.17, 15) is 19.6 Å². The number of aryl methyl sites for hydroxylation is 2. The van der Waals surface area contributed by atoms with Gasteiger partial charge in [-0.25, -0.2) is 0 Å². The third-order valence-electron chi connectivity index (χ3n) is 7.91. The van der Waals surface area contributed by atoms with Gasteiger partial charge in [0.25, 0.3) is 11.8 Å². The smallest absolute Gasteiger partial charge is 0.251 e. The number of carbonyl (C=O) groups excluding carboxylic acids is 3. The number of nitrogens with zero attached hydrogens (tertiary/aromatic N) is 2. The minimum absolute atomic E-state index is 0.0514. The van der Waals surface area contributed by atoms with E-state index in [0.29, 0.717) is 49.9 Å². The molecule has 0 radical (unpaired) electrons. The van der Waals surface area contributed by atoms with Gasteiger partial charge in [0.1, 0.15) is 11.9 Å². The van der Waals surface area contributed by atoms with E-state index in [1.54, 1.807) is 31.1 Å². The first-order valence-corrected chi connectivity index (χ1v) is 13.2. The number of amides is 3. The zero-order chi connectivity index (χ0) is 28.2. The predicted octanol–water partition coefficient (Wildman–Crippen LogP) is 1.22. The van der Waals surface area contributed by atoms with Gasteiger partial charge in [0.05, 0.1) is 18.0 Å². The van der Waals surface area contributed by atoms with Gasteiger partial charge in [-0.05, 0) is 85.2 Å². The minimum atomic E-state index is -1.03. The van der Waals surface area contributed by atoms with Gasteiger partial charge in [-0.2, -0.15) is 5.26 Å². The van der Waals surface area contributed by atoms with Crippen molar-refractivity contribution in [2.24, 2.45) is 5.73 Å². The molecule has 0 aromatic heterocycles. The number of hydrogen-bond acceptors (Lipinski definition) is 6. The molecular weight excluding hydrogens is 494 g/mol. The van der Waals surface area contributed by atoms with Crippen molar-refractivity contribution in [2.75, 3.05) is 33.7 Å². The van der Waals surface area contributed by atoms with Crippen LogP contribution in [0.25, 0.3) is 0 Å². The summed E-state index contributed by atoms with van der Waals surface area (Å²) in [7, 11) is 3.16. The van der Waals surface area contributed by atoms with Crippen LogP contribution in [-0.2, 0) is 23.1 Å². The summed E-state index contributed by atoms with van der Waals surface area (Å²) in [6, 6.07) is 12.7. The summed E-state index contributed by atoms with van der Waals surface area (Å²) in [5.41, 5.74) is 9.93. The highest BCUT2D eigenvalue weighted by molar-refractivity contribution is 5.98. The summed E-state index contributed by atoms with van der Waals surface area (Å²) in [6.45, 7) is 1.04. The third kappa shape index (κ3) is 5.22. The minimum Gasteiger partial charge on any atom is -0.387 e. The summed E-state index contributed by atoms with van der Waals surface area (Å²) in [5.74, 6) is -0.576. The van der Waals surface area contributed by atoms with Crippen LogP contribution in [0.4, 0.5) is 0 Å². The van der Waals surface area contributed by atoms with Gasteiger partial charge < -0.3 is 26.6 Å². The lowest BCUT2D eigenvalue weighted by Crippen LogP contribution is -2.46. The molecule has 1 aliphatic heterocycles. The molecule has 39 heavy (non-hydrogen) atoms. The van der Waals surface area contributed by atoms with Gasteiger partial charge in [0, 0.05) is 31.8 Å². The Bertz CT molecular complexity index is 1280.